The first-order valence-corrected chi connectivity index (χ1v) is 6.01. The fourth-order valence-electron chi connectivity index (χ4n) is 1.43. The van der Waals surface area contributed by atoms with E-state index in [4.69, 9.17) is 0 Å². The Morgan fingerprint density at radius 3 is 2.47 bits per heavy atom. The Morgan fingerprint density at radius 1 is 1.42 bits per heavy atom. The summed E-state index contributed by atoms with van der Waals surface area (Å²) < 4.78 is 13.4. The molecule has 1 aromatic carbocycles. The van der Waals surface area contributed by atoms with Gasteiger partial charge in [0, 0.05) is 12.1 Å². The van der Waals surface area contributed by atoms with E-state index in [0.717, 1.165) is 6.07 Å². The van der Waals surface area contributed by atoms with Crippen molar-refractivity contribution in [2.45, 2.75) is 26.3 Å². The van der Waals surface area contributed by atoms with Crippen LogP contribution in [-0.2, 0) is 0 Å². The van der Waals surface area contributed by atoms with Crippen molar-refractivity contribution in [3.8, 4) is 0 Å². The van der Waals surface area contributed by atoms with Crippen molar-refractivity contribution in [2.75, 3.05) is 26.0 Å². The first kappa shape index (κ1) is 15.4. The number of nitro groups is 1. The molecule has 0 spiro atoms. The molecular weight excluding hydrogens is 249 g/mol. The number of benzene rings is 1. The van der Waals surface area contributed by atoms with Gasteiger partial charge >= 0.3 is 0 Å². The maximum absolute atomic E-state index is 13.4. The van der Waals surface area contributed by atoms with Crippen LogP contribution in [0.2, 0.25) is 0 Å². The summed E-state index contributed by atoms with van der Waals surface area (Å²) in [6, 6.07) is 2.43. The second kappa shape index (κ2) is 5.52. The Labute approximate surface area is 112 Å². The van der Waals surface area contributed by atoms with Crippen LogP contribution in [0.1, 0.15) is 19.4 Å². The van der Waals surface area contributed by atoms with Gasteiger partial charge in [-0.15, -0.1) is 0 Å². The molecule has 0 aliphatic carbocycles. The minimum absolute atomic E-state index is 0.170. The second-order valence-electron chi connectivity index (χ2n) is 5.44. The number of aryl methyl sites for hydroxylation is 1. The predicted octanol–water partition coefficient (Wildman–Crippen LogP) is 2.79. The van der Waals surface area contributed by atoms with Crippen LogP contribution in [-0.4, -0.2) is 36.0 Å². The fourth-order valence-corrected chi connectivity index (χ4v) is 1.43. The first-order valence-electron chi connectivity index (χ1n) is 6.01. The summed E-state index contributed by atoms with van der Waals surface area (Å²) in [4.78, 5) is 12.4. The molecule has 0 unspecified atom stereocenters. The maximum Gasteiger partial charge on any atom is 0.295 e. The van der Waals surface area contributed by atoms with Gasteiger partial charge in [-0.3, -0.25) is 10.1 Å². The molecule has 1 rings (SSSR count). The zero-order valence-corrected chi connectivity index (χ0v) is 12.0. The highest BCUT2D eigenvalue weighted by molar-refractivity contribution is 5.63. The van der Waals surface area contributed by atoms with Crippen molar-refractivity contribution in [3.63, 3.8) is 0 Å². The summed E-state index contributed by atoms with van der Waals surface area (Å²) >= 11 is 0. The number of hydrogen-bond donors (Lipinski definition) is 1. The standard InChI is InChI=1S/C13H20FN3O2/c1-9-6-11(12(17(18)19)7-10(9)14)15-8-13(2,3)16(4)5/h6-7,15H,8H2,1-5H3. The normalized spacial score (nSPS) is 11.7. The third-order valence-electron chi connectivity index (χ3n) is 3.40. The van der Waals surface area contributed by atoms with E-state index < -0.39 is 10.7 Å². The van der Waals surface area contributed by atoms with Crippen molar-refractivity contribution in [3.05, 3.63) is 33.6 Å². The molecule has 0 aliphatic heterocycles. The highest BCUT2D eigenvalue weighted by Crippen LogP contribution is 2.28. The molecule has 0 aliphatic rings. The zero-order valence-electron chi connectivity index (χ0n) is 12.0. The van der Waals surface area contributed by atoms with Gasteiger partial charge in [0.05, 0.1) is 11.0 Å². The molecule has 6 heteroatoms. The zero-order chi connectivity index (χ0) is 14.8. The Balaban J connectivity index is 3.01. The molecule has 106 valence electrons. The lowest BCUT2D eigenvalue weighted by Gasteiger charge is -2.33. The lowest BCUT2D eigenvalue weighted by molar-refractivity contribution is -0.384. The van der Waals surface area contributed by atoms with Gasteiger partial charge in [0.2, 0.25) is 0 Å². The quantitative estimate of drug-likeness (QED) is 0.659. The number of halogens is 1. The molecule has 0 amide bonds. The van der Waals surface area contributed by atoms with Crippen molar-refractivity contribution in [1.29, 1.82) is 0 Å². The largest absolute Gasteiger partial charge is 0.378 e. The SMILES string of the molecule is Cc1cc(NCC(C)(C)N(C)C)c([N+](=O)[O-])cc1F. The molecule has 0 saturated carbocycles. The summed E-state index contributed by atoms with van der Waals surface area (Å²) in [5.41, 5.74) is 0.322. The number of nitro benzene ring substituents is 1. The van der Waals surface area contributed by atoms with E-state index in [-0.39, 0.29) is 11.2 Å². The average Bonchev–Trinajstić information content (AvgIpc) is 2.29. The number of anilines is 1. The monoisotopic (exact) mass is 269 g/mol. The topological polar surface area (TPSA) is 58.4 Å². The van der Waals surface area contributed by atoms with Gasteiger partial charge in [0.25, 0.3) is 5.69 Å². The summed E-state index contributed by atoms with van der Waals surface area (Å²) in [7, 11) is 3.87. The minimum Gasteiger partial charge on any atom is -0.378 e. The Hall–Kier alpha value is -1.69. The van der Waals surface area contributed by atoms with E-state index in [1.807, 2.05) is 32.8 Å². The lowest BCUT2D eigenvalue weighted by atomic mass is 10.0. The Bertz CT molecular complexity index is 487. The smallest absolute Gasteiger partial charge is 0.295 e. The van der Waals surface area contributed by atoms with E-state index in [9.17, 15) is 14.5 Å². The molecule has 19 heavy (non-hydrogen) atoms. The van der Waals surface area contributed by atoms with Gasteiger partial charge in [-0.05, 0) is 46.5 Å². The molecule has 0 fully saturated rings. The molecular formula is C13H20FN3O2. The van der Waals surface area contributed by atoms with Crippen LogP contribution < -0.4 is 5.32 Å². The summed E-state index contributed by atoms with van der Waals surface area (Å²) in [6.45, 7) is 6.14. The van der Waals surface area contributed by atoms with Crippen LogP contribution in [0.4, 0.5) is 15.8 Å². The van der Waals surface area contributed by atoms with E-state index in [0.29, 0.717) is 17.8 Å². The molecule has 5 nitrogen and oxygen atoms in total. The average molecular weight is 269 g/mol. The van der Waals surface area contributed by atoms with E-state index in [2.05, 4.69) is 5.32 Å². The number of likely N-dealkylation sites (N-methyl/N-ethyl adjacent to an activating group) is 1. The van der Waals surface area contributed by atoms with Gasteiger partial charge in [-0.1, -0.05) is 0 Å². The van der Waals surface area contributed by atoms with Gasteiger partial charge < -0.3 is 10.2 Å². The number of rotatable bonds is 5. The molecule has 1 aromatic rings. The Kier molecular flexibility index (Phi) is 4.47. The van der Waals surface area contributed by atoms with Gasteiger partial charge in [-0.25, -0.2) is 4.39 Å². The van der Waals surface area contributed by atoms with Crippen LogP contribution in [0.15, 0.2) is 12.1 Å². The van der Waals surface area contributed by atoms with Crippen LogP contribution in [0.3, 0.4) is 0 Å². The third kappa shape index (κ3) is 3.64. The molecule has 1 N–H and O–H groups in total. The maximum atomic E-state index is 13.4. The first-order chi connectivity index (χ1) is 8.65. The Morgan fingerprint density at radius 2 is 2.00 bits per heavy atom. The minimum atomic E-state index is -0.576. The molecule has 0 radical (unpaired) electrons. The highest BCUT2D eigenvalue weighted by Gasteiger charge is 2.23. The summed E-state index contributed by atoms with van der Waals surface area (Å²) in [5.74, 6) is -0.566. The summed E-state index contributed by atoms with van der Waals surface area (Å²) in [6.07, 6.45) is 0. The van der Waals surface area contributed by atoms with Crippen LogP contribution in [0.5, 0.6) is 0 Å². The van der Waals surface area contributed by atoms with Crippen molar-refractivity contribution >= 4 is 11.4 Å². The van der Waals surface area contributed by atoms with E-state index >= 15 is 0 Å². The van der Waals surface area contributed by atoms with Gasteiger partial charge in [-0.2, -0.15) is 0 Å². The number of nitrogens with one attached hydrogen (secondary N) is 1. The molecule has 0 saturated heterocycles. The van der Waals surface area contributed by atoms with E-state index in [1.54, 1.807) is 6.92 Å². The molecule has 0 aromatic heterocycles. The van der Waals surface area contributed by atoms with Gasteiger partial charge in [0.15, 0.2) is 0 Å². The van der Waals surface area contributed by atoms with Crippen molar-refractivity contribution < 1.29 is 9.31 Å². The highest BCUT2D eigenvalue weighted by atomic mass is 19.1. The molecule has 0 bridgehead atoms. The van der Waals surface area contributed by atoms with Crippen LogP contribution in [0, 0.1) is 22.9 Å². The summed E-state index contributed by atoms with van der Waals surface area (Å²) in [5, 5.41) is 14.0. The molecule has 0 atom stereocenters. The van der Waals surface area contributed by atoms with Crippen molar-refractivity contribution in [2.24, 2.45) is 0 Å². The number of nitrogens with zero attached hydrogens (tertiary/aromatic N) is 2. The van der Waals surface area contributed by atoms with E-state index in [1.165, 1.54) is 6.07 Å². The van der Waals surface area contributed by atoms with Crippen LogP contribution >= 0.6 is 0 Å². The lowest BCUT2D eigenvalue weighted by Crippen LogP contribution is -2.44. The third-order valence-corrected chi connectivity index (χ3v) is 3.40. The molecule has 0 heterocycles. The van der Waals surface area contributed by atoms with Crippen LogP contribution in [0.25, 0.3) is 0 Å². The van der Waals surface area contributed by atoms with Gasteiger partial charge in [0.1, 0.15) is 11.5 Å². The predicted molar refractivity (Wildman–Crippen MR) is 74.0 cm³/mol. The number of hydrogen-bond acceptors (Lipinski definition) is 4. The fraction of sp³-hybridized carbons (Fsp3) is 0.538. The second-order valence-corrected chi connectivity index (χ2v) is 5.44. The van der Waals surface area contributed by atoms with Crippen molar-refractivity contribution in [1.82, 2.24) is 4.90 Å².